The summed E-state index contributed by atoms with van der Waals surface area (Å²) in [6.45, 7) is 2.33. The van der Waals surface area contributed by atoms with Crippen molar-refractivity contribution in [2.45, 2.75) is 19.8 Å². The van der Waals surface area contributed by atoms with Gasteiger partial charge in [-0.15, -0.1) is 0 Å². The largest absolute Gasteiger partial charge is 0.495 e. The molecule has 10 heteroatoms. The first-order chi connectivity index (χ1) is 15.8. The molecule has 0 saturated carbocycles. The number of methoxy groups -OCH3 is 3. The molecule has 1 fully saturated rings. The minimum Gasteiger partial charge on any atom is -0.495 e. The molecule has 0 spiro atoms. The number of hydrogen-bond donors (Lipinski definition) is 1. The predicted octanol–water partition coefficient (Wildman–Crippen LogP) is 2.64. The zero-order valence-electron chi connectivity index (χ0n) is 19.0. The fraction of sp³-hybridized carbons (Fsp3) is 0.391. The highest BCUT2D eigenvalue weighted by atomic mass is 16.6. The summed E-state index contributed by atoms with van der Waals surface area (Å²) in [6.07, 6.45) is 0.303. The molecule has 0 aliphatic carbocycles. The van der Waals surface area contributed by atoms with E-state index in [9.17, 15) is 19.7 Å². The van der Waals surface area contributed by atoms with Crippen LogP contribution in [0.3, 0.4) is 0 Å². The maximum atomic E-state index is 12.7. The first-order valence-corrected chi connectivity index (χ1v) is 10.4. The molecule has 10 nitrogen and oxygen atoms in total. The van der Waals surface area contributed by atoms with Crippen LogP contribution >= 0.6 is 0 Å². The summed E-state index contributed by atoms with van der Waals surface area (Å²) >= 11 is 0. The number of nitro groups is 1. The van der Waals surface area contributed by atoms with Gasteiger partial charge in [-0.3, -0.25) is 19.7 Å². The molecule has 1 atom stereocenters. The number of benzene rings is 2. The maximum Gasteiger partial charge on any atom is 0.276 e. The molecule has 1 N–H and O–H groups in total. The summed E-state index contributed by atoms with van der Waals surface area (Å²) in [6, 6.07) is 8.38. The Bertz CT molecular complexity index is 1070. The van der Waals surface area contributed by atoms with E-state index in [0.717, 1.165) is 5.56 Å². The van der Waals surface area contributed by atoms with Gasteiger partial charge in [-0.2, -0.15) is 0 Å². The number of nitrogens with one attached hydrogen (secondary N) is 1. The third kappa shape index (κ3) is 5.16. The number of anilines is 1. The quantitative estimate of drug-likeness (QED) is 0.454. The Balaban J connectivity index is 1.66. The monoisotopic (exact) mass is 457 g/mol. The fourth-order valence-electron chi connectivity index (χ4n) is 3.87. The Kier molecular flexibility index (Phi) is 7.37. The summed E-state index contributed by atoms with van der Waals surface area (Å²) in [7, 11) is 4.38. The van der Waals surface area contributed by atoms with Crippen LogP contribution in [-0.4, -0.2) is 51.2 Å². The van der Waals surface area contributed by atoms with E-state index in [1.807, 2.05) is 19.1 Å². The molecule has 0 aromatic heterocycles. The highest BCUT2D eigenvalue weighted by Gasteiger charge is 2.36. The van der Waals surface area contributed by atoms with E-state index in [-0.39, 0.29) is 49.2 Å². The van der Waals surface area contributed by atoms with Crippen molar-refractivity contribution >= 4 is 23.2 Å². The molecule has 176 valence electrons. The van der Waals surface area contributed by atoms with E-state index >= 15 is 0 Å². The Morgan fingerprint density at radius 3 is 2.42 bits per heavy atom. The molecule has 2 amide bonds. The molecule has 1 aliphatic heterocycles. The number of carbonyl (C=O) groups is 2. The third-order valence-corrected chi connectivity index (χ3v) is 5.60. The zero-order chi connectivity index (χ0) is 24.1. The average molecular weight is 457 g/mol. The molecule has 1 aliphatic rings. The highest BCUT2D eigenvalue weighted by molar-refractivity contribution is 6.01. The summed E-state index contributed by atoms with van der Waals surface area (Å²) < 4.78 is 15.7. The topological polar surface area (TPSA) is 120 Å². The number of nitro benzene ring substituents is 1. The smallest absolute Gasteiger partial charge is 0.276 e. The van der Waals surface area contributed by atoms with Crippen molar-refractivity contribution in [3.63, 3.8) is 0 Å². The van der Waals surface area contributed by atoms with Gasteiger partial charge in [-0.05, 0) is 37.1 Å². The van der Waals surface area contributed by atoms with Crippen LogP contribution in [0.2, 0.25) is 0 Å². The average Bonchev–Trinajstić information content (AvgIpc) is 3.19. The molecular weight excluding hydrogens is 430 g/mol. The van der Waals surface area contributed by atoms with E-state index in [4.69, 9.17) is 14.2 Å². The first-order valence-electron chi connectivity index (χ1n) is 10.4. The molecule has 0 radical (unpaired) electrons. The van der Waals surface area contributed by atoms with Crippen molar-refractivity contribution in [2.24, 2.45) is 5.92 Å². The predicted molar refractivity (Wildman–Crippen MR) is 121 cm³/mol. The van der Waals surface area contributed by atoms with Gasteiger partial charge in [0.15, 0.2) is 11.5 Å². The highest BCUT2D eigenvalue weighted by Crippen LogP contribution is 2.35. The van der Waals surface area contributed by atoms with E-state index < -0.39 is 10.8 Å². The van der Waals surface area contributed by atoms with E-state index in [1.54, 1.807) is 11.0 Å². The standard InChI is InChI=1S/C23H27N3O7/c1-14-5-6-19(31-2)18(9-14)25-13-16(11-22(25)27)23(28)24-8-7-15-10-20(32-3)21(33-4)12-17(15)26(29)30/h5-6,9-10,12,16H,7-8,11,13H2,1-4H3,(H,24,28)/t16-/m0/s1. The number of hydrogen-bond acceptors (Lipinski definition) is 7. The Morgan fingerprint density at radius 1 is 1.12 bits per heavy atom. The Morgan fingerprint density at radius 2 is 1.79 bits per heavy atom. The number of amides is 2. The van der Waals surface area contributed by atoms with Crippen LogP contribution in [-0.2, 0) is 16.0 Å². The molecule has 0 bridgehead atoms. The number of nitrogens with zero attached hydrogens (tertiary/aromatic N) is 2. The van der Waals surface area contributed by atoms with Crippen LogP contribution in [0.4, 0.5) is 11.4 Å². The lowest BCUT2D eigenvalue weighted by Crippen LogP contribution is -2.34. The van der Waals surface area contributed by atoms with Crippen LogP contribution in [0.1, 0.15) is 17.5 Å². The Labute approximate surface area is 191 Å². The van der Waals surface area contributed by atoms with Gasteiger partial charge in [0.2, 0.25) is 11.8 Å². The second kappa shape index (κ2) is 10.2. The van der Waals surface area contributed by atoms with Gasteiger partial charge < -0.3 is 24.4 Å². The fourth-order valence-corrected chi connectivity index (χ4v) is 3.87. The molecule has 1 saturated heterocycles. The van der Waals surface area contributed by atoms with Gasteiger partial charge in [0.1, 0.15) is 5.75 Å². The zero-order valence-corrected chi connectivity index (χ0v) is 19.0. The number of carbonyl (C=O) groups excluding carboxylic acids is 2. The van der Waals surface area contributed by atoms with E-state index in [2.05, 4.69) is 5.32 Å². The van der Waals surface area contributed by atoms with Gasteiger partial charge in [0, 0.05) is 25.1 Å². The molecular formula is C23H27N3O7. The molecule has 33 heavy (non-hydrogen) atoms. The van der Waals surface area contributed by atoms with E-state index in [0.29, 0.717) is 22.7 Å². The van der Waals surface area contributed by atoms with E-state index in [1.165, 1.54) is 33.5 Å². The van der Waals surface area contributed by atoms with Crippen LogP contribution in [0, 0.1) is 23.0 Å². The summed E-state index contributed by atoms with van der Waals surface area (Å²) in [4.78, 5) is 37.8. The van der Waals surface area contributed by atoms with Gasteiger partial charge >= 0.3 is 0 Å². The third-order valence-electron chi connectivity index (χ3n) is 5.60. The number of rotatable bonds is 9. The van der Waals surface area contributed by atoms with Crippen LogP contribution < -0.4 is 24.4 Å². The van der Waals surface area contributed by atoms with Crippen molar-refractivity contribution in [1.29, 1.82) is 0 Å². The van der Waals surface area contributed by atoms with Gasteiger partial charge in [0.05, 0.1) is 43.9 Å². The number of aryl methyl sites for hydroxylation is 1. The lowest BCUT2D eigenvalue weighted by molar-refractivity contribution is -0.385. The SMILES string of the molecule is COc1cc(CCNC(=O)[C@H]2CC(=O)N(c3cc(C)ccc3OC)C2)c([N+](=O)[O-])cc1OC. The molecule has 3 rings (SSSR count). The minimum absolute atomic E-state index is 0.0828. The van der Waals surface area contributed by atoms with Crippen molar-refractivity contribution in [3.8, 4) is 17.2 Å². The first kappa shape index (κ1) is 23.8. The normalized spacial score (nSPS) is 15.3. The van der Waals surface area contributed by atoms with Gasteiger partial charge in [0.25, 0.3) is 5.69 Å². The van der Waals surface area contributed by atoms with Crippen molar-refractivity contribution < 1.29 is 28.7 Å². The number of ether oxygens (including phenoxy) is 3. The second-order valence-corrected chi connectivity index (χ2v) is 7.71. The molecule has 2 aromatic carbocycles. The molecule has 0 unspecified atom stereocenters. The summed E-state index contributed by atoms with van der Waals surface area (Å²) in [5, 5.41) is 14.2. The minimum atomic E-state index is -0.525. The Hall–Kier alpha value is -3.82. The van der Waals surface area contributed by atoms with Crippen LogP contribution in [0.15, 0.2) is 30.3 Å². The molecule has 1 heterocycles. The van der Waals surface area contributed by atoms with Gasteiger partial charge in [-0.25, -0.2) is 0 Å². The van der Waals surface area contributed by atoms with Crippen molar-refractivity contribution in [1.82, 2.24) is 5.32 Å². The maximum absolute atomic E-state index is 12.7. The molecule has 2 aromatic rings. The van der Waals surface area contributed by atoms with Crippen LogP contribution in [0.5, 0.6) is 17.2 Å². The van der Waals surface area contributed by atoms with Gasteiger partial charge in [-0.1, -0.05) is 6.07 Å². The lowest BCUT2D eigenvalue weighted by Gasteiger charge is -2.20. The second-order valence-electron chi connectivity index (χ2n) is 7.71. The van der Waals surface area contributed by atoms with Crippen molar-refractivity contribution in [2.75, 3.05) is 39.3 Å². The summed E-state index contributed by atoms with van der Waals surface area (Å²) in [5.74, 6) is 0.232. The van der Waals surface area contributed by atoms with Crippen molar-refractivity contribution in [3.05, 3.63) is 51.6 Å². The lowest BCUT2D eigenvalue weighted by atomic mass is 10.1. The van der Waals surface area contributed by atoms with Crippen LogP contribution in [0.25, 0.3) is 0 Å². The summed E-state index contributed by atoms with van der Waals surface area (Å²) in [5.41, 5.74) is 1.91.